The van der Waals surface area contributed by atoms with E-state index >= 15 is 0 Å². The molecular formula is C34H42F3NO3S. The van der Waals surface area contributed by atoms with E-state index in [1.807, 2.05) is 39.0 Å². The summed E-state index contributed by atoms with van der Waals surface area (Å²) >= 11 is 1.51. The Morgan fingerprint density at radius 1 is 1.05 bits per heavy atom. The number of halogens is 3. The van der Waals surface area contributed by atoms with Crippen LogP contribution in [0.2, 0.25) is 0 Å². The fraction of sp³-hybridized carbons (Fsp3) is 0.412. The molecule has 8 heteroatoms. The van der Waals surface area contributed by atoms with Gasteiger partial charge in [0.1, 0.15) is 0 Å². The molecule has 4 nitrogen and oxygen atoms in total. The lowest BCUT2D eigenvalue weighted by molar-refractivity contribution is -0.137. The highest BCUT2D eigenvalue weighted by molar-refractivity contribution is 7.99. The number of carbonyl (C=O) groups excluding carboxylic acids is 1. The van der Waals surface area contributed by atoms with E-state index in [0.29, 0.717) is 12.0 Å². The first-order chi connectivity index (χ1) is 19.5. The molecule has 0 bridgehead atoms. The lowest BCUT2D eigenvalue weighted by Crippen LogP contribution is -2.25. The smallest absolute Gasteiger partial charge is 0.389 e. The topological polar surface area (TPSA) is 66.4 Å². The van der Waals surface area contributed by atoms with Gasteiger partial charge < -0.3 is 10.4 Å². The summed E-state index contributed by atoms with van der Waals surface area (Å²) in [5, 5.41) is 11.1. The van der Waals surface area contributed by atoms with Gasteiger partial charge in [0.05, 0.1) is 6.42 Å². The van der Waals surface area contributed by atoms with Gasteiger partial charge in [-0.3, -0.25) is 9.59 Å². The number of carboxylic acids is 1. The average molecular weight is 602 g/mol. The van der Waals surface area contributed by atoms with E-state index in [9.17, 15) is 22.8 Å². The number of hydrogen-bond donors (Lipinski definition) is 2. The zero-order valence-corrected chi connectivity index (χ0v) is 26.1. The van der Waals surface area contributed by atoms with Gasteiger partial charge in [-0.15, -0.1) is 11.8 Å². The predicted molar refractivity (Wildman–Crippen MR) is 167 cm³/mol. The number of carboxylic acid groups (broad SMARTS) is 1. The van der Waals surface area contributed by atoms with Crippen molar-refractivity contribution in [2.24, 2.45) is 5.41 Å². The number of thioether (sulfide) groups is 1. The monoisotopic (exact) mass is 601 g/mol. The lowest BCUT2D eigenvalue weighted by atomic mass is 9.85. The Bertz CT molecular complexity index is 1300. The van der Waals surface area contributed by atoms with Crippen molar-refractivity contribution in [1.82, 2.24) is 5.32 Å². The maximum absolute atomic E-state index is 13.0. The fourth-order valence-electron chi connectivity index (χ4n) is 4.73. The summed E-state index contributed by atoms with van der Waals surface area (Å²) in [6, 6.07) is 10.9. The number of amides is 1. The standard InChI is InChI=1S/C34H42F3NO3S/c1-8-27(33(5,6)7)16-11-22(2)31-23(3)20-28(21-24(31)4)42-29(10-9-18-34(35,36)37)25-12-14-26(15-13-25)32(41)38-19-17-30(39)40/h8,11-16,20-21,29H,2,9-10,17-19H2,1,3-7H3,(H,38,41)(H,39,40)/b16-11-,27-8+. The maximum Gasteiger partial charge on any atom is 0.389 e. The molecule has 1 unspecified atom stereocenters. The molecule has 0 aromatic heterocycles. The minimum Gasteiger partial charge on any atom is -0.481 e. The first-order valence-electron chi connectivity index (χ1n) is 14.0. The highest BCUT2D eigenvalue weighted by Crippen LogP contribution is 2.42. The largest absolute Gasteiger partial charge is 0.481 e. The first-order valence-corrected chi connectivity index (χ1v) is 14.9. The van der Waals surface area contributed by atoms with Crippen LogP contribution >= 0.6 is 11.8 Å². The van der Waals surface area contributed by atoms with Gasteiger partial charge in [-0.2, -0.15) is 13.2 Å². The van der Waals surface area contributed by atoms with Gasteiger partial charge in [0.25, 0.3) is 5.91 Å². The Hall–Kier alpha value is -3.26. The summed E-state index contributed by atoms with van der Waals surface area (Å²) in [6.45, 7) is 16.8. The number of carbonyl (C=O) groups is 2. The Kier molecular flexibility index (Phi) is 12.7. The van der Waals surface area contributed by atoms with Crippen molar-refractivity contribution < 1.29 is 27.9 Å². The van der Waals surface area contributed by atoms with Crippen LogP contribution in [-0.4, -0.2) is 29.7 Å². The number of aryl methyl sites for hydroxylation is 2. The summed E-state index contributed by atoms with van der Waals surface area (Å²) in [4.78, 5) is 24.0. The van der Waals surface area contributed by atoms with Gasteiger partial charge in [-0.05, 0) is 96.7 Å². The lowest BCUT2D eigenvalue weighted by Gasteiger charge is -2.21. The molecule has 0 saturated heterocycles. The number of aliphatic carboxylic acids is 1. The third-order valence-electron chi connectivity index (χ3n) is 6.84. The van der Waals surface area contributed by atoms with Crippen molar-refractivity contribution in [2.75, 3.05) is 6.54 Å². The Balaban J connectivity index is 2.29. The molecule has 0 heterocycles. The maximum atomic E-state index is 13.0. The van der Waals surface area contributed by atoms with E-state index < -0.39 is 24.5 Å². The van der Waals surface area contributed by atoms with Crippen molar-refractivity contribution in [1.29, 1.82) is 0 Å². The molecule has 1 amide bonds. The second-order valence-corrected chi connectivity index (χ2v) is 12.7. The Morgan fingerprint density at radius 2 is 1.64 bits per heavy atom. The minimum absolute atomic E-state index is 0.00973. The van der Waals surface area contributed by atoms with Crippen LogP contribution in [-0.2, 0) is 4.79 Å². The van der Waals surface area contributed by atoms with Gasteiger partial charge in [-0.25, -0.2) is 0 Å². The molecule has 42 heavy (non-hydrogen) atoms. The molecule has 0 aliphatic carbocycles. The third kappa shape index (κ3) is 11.2. The van der Waals surface area contributed by atoms with Gasteiger partial charge in [0.2, 0.25) is 0 Å². The average Bonchev–Trinajstić information content (AvgIpc) is 2.86. The molecule has 0 spiro atoms. The molecule has 2 rings (SSSR count). The molecule has 1 atom stereocenters. The molecular weight excluding hydrogens is 559 g/mol. The molecule has 0 fully saturated rings. The van der Waals surface area contributed by atoms with Crippen LogP contribution in [0.5, 0.6) is 0 Å². The van der Waals surface area contributed by atoms with Gasteiger partial charge >= 0.3 is 12.1 Å². The second kappa shape index (κ2) is 15.3. The van der Waals surface area contributed by atoms with Crippen LogP contribution in [0.25, 0.3) is 5.57 Å². The molecule has 2 aromatic rings. The number of nitrogens with one attached hydrogen (secondary N) is 1. The van der Waals surface area contributed by atoms with E-state index in [2.05, 4.69) is 44.8 Å². The van der Waals surface area contributed by atoms with Crippen LogP contribution in [0.1, 0.15) is 91.2 Å². The molecule has 0 saturated carbocycles. The van der Waals surface area contributed by atoms with Crippen LogP contribution in [0.3, 0.4) is 0 Å². The minimum atomic E-state index is -4.23. The van der Waals surface area contributed by atoms with E-state index in [4.69, 9.17) is 5.11 Å². The molecule has 0 aliphatic rings. The zero-order valence-electron chi connectivity index (χ0n) is 25.3. The summed E-state index contributed by atoms with van der Waals surface area (Å²) in [7, 11) is 0. The molecule has 2 aromatic carbocycles. The number of benzene rings is 2. The normalized spacial score (nSPS) is 13.3. The van der Waals surface area contributed by atoms with Gasteiger partial charge in [0, 0.05) is 28.7 Å². The first kappa shape index (κ1) is 34.9. The van der Waals surface area contributed by atoms with Crippen LogP contribution < -0.4 is 5.32 Å². The van der Waals surface area contributed by atoms with E-state index in [1.165, 1.54) is 17.3 Å². The highest BCUT2D eigenvalue weighted by Gasteiger charge is 2.27. The summed E-state index contributed by atoms with van der Waals surface area (Å²) in [5.41, 5.74) is 6.40. The number of hydrogen-bond acceptors (Lipinski definition) is 3. The SMILES string of the molecule is C=C(/C=C\C(=C/C)C(C)(C)C)c1c(C)cc(SC(CCCC(F)(F)F)c2ccc(C(=O)NCCC(=O)O)cc2)cc1C. The van der Waals surface area contributed by atoms with Crippen LogP contribution in [0, 0.1) is 19.3 Å². The highest BCUT2D eigenvalue weighted by atomic mass is 32.2. The number of rotatable bonds is 13. The fourth-order valence-corrected chi connectivity index (χ4v) is 6.13. The molecule has 2 N–H and O–H groups in total. The molecule has 228 valence electrons. The van der Waals surface area contributed by atoms with Gasteiger partial charge in [0.15, 0.2) is 0 Å². The van der Waals surface area contributed by atoms with E-state index in [0.717, 1.165) is 32.7 Å². The predicted octanol–water partition coefficient (Wildman–Crippen LogP) is 9.64. The second-order valence-electron chi connectivity index (χ2n) is 11.4. The zero-order chi connectivity index (χ0) is 31.7. The molecule has 0 radical (unpaired) electrons. The van der Waals surface area contributed by atoms with Gasteiger partial charge in [-0.1, -0.05) is 57.7 Å². The number of allylic oxidation sites excluding steroid dienone is 5. The van der Waals surface area contributed by atoms with Crippen molar-refractivity contribution in [3.63, 3.8) is 0 Å². The third-order valence-corrected chi connectivity index (χ3v) is 8.14. The van der Waals surface area contributed by atoms with E-state index in [1.54, 1.807) is 24.3 Å². The van der Waals surface area contributed by atoms with Crippen LogP contribution in [0.4, 0.5) is 13.2 Å². The van der Waals surface area contributed by atoms with Crippen molar-refractivity contribution >= 4 is 29.2 Å². The number of alkyl halides is 3. The van der Waals surface area contributed by atoms with Crippen LogP contribution in [0.15, 0.2) is 71.7 Å². The van der Waals surface area contributed by atoms with E-state index in [-0.39, 0.29) is 30.1 Å². The Labute approximate surface area is 252 Å². The summed E-state index contributed by atoms with van der Waals surface area (Å²) < 4.78 is 38.9. The molecule has 0 aliphatic heterocycles. The van der Waals surface area contributed by atoms with Crippen molar-refractivity contribution in [2.45, 2.75) is 83.5 Å². The van der Waals surface area contributed by atoms with Crippen molar-refractivity contribution in [3.8, 4) is 0 Å². The van der Waals surface area contributed by atoms with Crippen molar-refractivity contribution in [3.05, 3.63) is 94.6 Å². The summed E-state index contributed by atoms with van der Waals surface area (Å²) in [6.07, 6.45) is 1.24. The Morgan fingerprint density at radius 3 is 2.14 bits per heavy atom. The quantitative estimate of drug-likeness (QED) is 0.177. The summed E-state index contributed by atoms with van der Waals surface area (Å²) in [5.74, 6) is -1.41.